The van der Waals surface area contributed by atoms with Crippen molar-refractivity contribution in [1.29, 1.82) is 0 Å². The lowest BCUT2D eigenvalue weighted by atomic mass is 10.1. The second kappa shape index (κ2) is 3.15. The quantitative estimate of drug-likeness (QED) is 0.704. The van der Waals surface area contributed by atoms with E-state index in [0.717, 1.165) is 26.2 Å². The van der Waals surface area contributed by atoms with Crippen molar-refractivity contribution in [3.05, 3.63) is 12.4 Å². The molecule has 0 saturated carbocycles. The van der Waals surface area contributed by atoms with E-state index in [-0.39, 0.29) is 5.75 Å². The molecule has 1 aliphatic rings. The maximum absolute atomic E-state index is 9.01. The van der Waals surface area contributed by atoms with Gasteiger partial charge >= 0.3 is 0 Å². The van der Waals surface area contributed by atoms with Crippen LogP contribution in [-0.4, -0.2) is 28.1 Å². The summed E-state index contributed by atoms with van der Waals surface area (Å²) in [5.74, 6) is 0.790. The van der Waals surface area contributed by atoms with Crippen LogP contribution in [0.5, 0.6) is 5.75 Å². The number of hydrogen-bond donors (Lipinski definition) is 1. The molecule has 1 fully saturated rings. The maximum atomic E-state index is 9.01. The zero-order valence-corrected chi connectivity index (χ0v) is 6.81. The Balaban J connectivity index is 1.94. The topological polar surface area (TPSA) is 47.3 Å². The number of hydrogen-bond acceptors (Lipinski definition) is 3. The SMILES string of the molecule is Oc1cnn(C[C@@H]2CCOC2)c1. The predicted molar refractivity (Wildman–Crippen MR) is 42.8 cm³/mol. The minimum Gasteiger partial charge on any atom is -0.505 e. The molecule has 4 heteroatoms. The highest BCUT2D eigenvalue weighted by atomic mass is 16.5. The van der Waals surface area contributed by atoms with Crippen LogP contribution in [0.4, 0.5) is 0 Å². The molecule has 2 rings (SSSR count). The molecule has 1 aliphatic heterocycles. The van der Waals surface area contributed by atoms with Crippen molar-refractivity contribution < 1.29 is 9.84 Å². The monoisotopic (exact) mass is 168 g/mol. The van der Waals surface area contributed by atoms with Crippen molar-refractivity contribution in [2.24, 2.45) is 5.92 Å². The Morgan fingerprint density at radius 2 is 2.67 bits per heavy atom. The van der Waals surface area contributed by atoms with Gasteiger partial charge in [-0.25, -0.2) is 0 Å². The summed E-state index contributed by atoms with van der Waals surface area (Å²) < 4.78 is 6.99. The van der Waals surface area contributed by atoms with Gasteiger partial charge in [-0.1, -0.05) is 0 Å². The lowest BCUT2D eigenvalue weighted by Crippen LogP contribution is -2.10. The van der Waals surface area contributed by atoms with Crippen LogP contribution >= 0.6 is 0 Å². The molecule has 1 aromatic heterocycles. The molecule has 0 radical (unpaired) electrons. The van der Waals surface area contributed by atoms with Crippen LogP contribution in [-0.2, 0) is 11.3 Å². The van der Waals surface area contributed by atoms with Crippen molar-refractivity contribution >= 4 is 0 Å². The second-order valence-corrected chi connectivity index (χ2v) is 3.15. The molecule has 0 bridgehead atoms. The Morgan fingerprint density at radius 1 is 1.75 bits per heavy atom. The van der Waals surface area contributed by atoms with Crippen LogP contribution < -0.4 is 0 Å². The van der Waals surface area contributed by atoms with Crippen LogP contribution in [0, 0.1) is 5.92 Å². The van der Waals surface area contributed by atoms with Crippen molar-refractivity contribution in [3.8, 4) is 5.75 Å². The summed E-state index contributed by atoms with van der Waals surface area (Å²) in [6.45, 7) is 2.53. The minimum absolute atomic E-state index is 0.230. The normalized spacial score (nSPS) is 23.2. The third-order valence-electron chi connectivity index (χ3n) is 2.09. The first kappa shape index (κ1) is 7.61. The van der Waals surface area contributed by atoms with Crippen LogP contribution in [0.15, 0.2) is 12.4 Å². The third-order valence-corrected chi connectivity index (χ3v) is 2.09. The summed E-state index contributed by atoms with van der Waals surface area (Å²) in [5, 5.41) is 13.0. The largest absolute Gasteiger partial charge is 0.505 e. The van der Waals surface area contributed by atoms with E-state index in [1.165, 1.54) is 6.20 Å². The van der Waals surface area contributed by atoms with Gasteiger partial charge in [0.2, 0.25) is 0 Å². The average molecular weight is 168 g/mol. The van der Waals surface area contributed by atoms with Gasteiger partial charge in [0.15, 0.2) is 5.75 Å². The summed E-state index contributed by atoms with van der Waals surface area (Å²) in [5.41, 5.74) is 0. The van der Waals surface area contributed by atoms with Crippen molar-refractivity contribution in [2.45, 2.75) is 13.0 Å². The van der Waals surface area contributed by atoms with Crippen molar-refractivity contribution in [2.75, 3.05) is 13.2 Å². The first-order valence-electron chi connectivity index (χ1n) is 4.14. The van der Waals surface area contributed by atoms with E-state index in [2.05, 4.69) is 5.10 Å². The Kier molecular flexibility index (Phi) is 1.99. The maximum Gasteiger partial charge on any atom is 0.153 e. The molecule has 1 N–H and O–H groups in total. The van der Waals surface area contributed by atoms with Gasteiger partial charge in [0.25, 0.3) is 0 Å². The molecule has 0 aliphatic carbocycles. The number of aromatic nitrogens is 2. The van der Waals surface area contributed by atoms with Gasteiger partial charge in [0.05, 0.1) is 19.0 Å². The fourth-order valence-corrected chi connectivity index (χ4v) is 1.44. The molecule has 1 aromatic rings. The molecular weight excluding hydrogens is 156 g/mol. The summed E-state index contributed by atoms with van der Waals surface area (Å²) in [4.78, 5) is 0. The zero-order valence-electron chi connectivity index (χ0n) is 6.81. The molecule has 66 valence electrons. The third kappa shape index (κ3) is 1.58. The van der Waals surface area contributed by atoms with Gasteiger partial charge in [-0.2, -0.15) is 5.10 Å². The number of rotatable bonds is 2. The van der Waals surface area contributed by atoms with Gasteiger partial charge < -0.3 is 9.84 Å². The summed E-state index contributed by atoms with van der Waals surface area (Å²) in [7, 11) is 0. The minimum atomic E-state index is 0.230. The first-order valence-corrected chi connectivity index (χ1v) is 4.14. The van der Waals surface area contributed by atoms with E-state index in [4.69, 9.17) is 9.84 Å². The highest BCUT2D eigenvalue weighted by Crippen LogP contribution is 2.15. The molecule has 0 unspecified atom stereocenters. The van der Waals surface area contributed by atoms with Crippen LogP contribution in [0.1, 0.15) is 6.42 Å². The molecule has 12 heavy (non-hydrogen) atoms. The fourth-order valence-electron chi connectivity index (χ4n) is 1.44. The van der Waals surface area contributed by atoms with E-state index < -0.39 is 0 Å². The lowest BCUT2D eigenvalue weighted by molar-refractivity contribution is 0.181. The predicted octanol–water partition coefficient (Wildman–Crippen LogP) is 0.625. The smallest absolute Gasteiger partial charge is 0.153 e. The molecular formula is C8H12N2O2. The molecule has 0 spiro atoms. The van der Waals surface area contributed by atoms with Crippen molar-refractivity contribution in [1.82, 2.24) is 9.78 Å². The molecule has 1 saturated heterocycles. The lowest BCUT2D eigenvalue weighted by Gasteiger charge is -2.05. The second-order valence-electron chi connectivity index (χ2n) is 3.15. The molecule has 1 atom stereocenters. The Hall–Kier alpha value is -1.03. The average Bonchev–Trinajstić information content (AvgIpc) is 2.63. The van der Waals surface area contributed by atoms with Gasteiger partial charge in [-0.05, 0) is 6.42 Å². The Labute approximate surface area is 70.8 Å². The van der Waals surface area contributed by atoms with Gasteiger partial charge in [-0.3, -0.25) is 4.68 Å². The standard InChI is InChI=1S/C8H12N2O2/c11-8-3-9-10(5-8)4-7-1-2-12-6-7/h3,5,7,11H,1-2,4,6H2/t7-/m0/s1. The van der Waals surface area contributed by atoms with E-state index >= 15 is 0 Å². The van der Waals surface area contributed by atoms with E-state index in [1.54, 1.807) is 10.9 Å². The molecule has 2 heterocycles. The van der Waals surface area contributed by atoms with Crippen LogP contribution in [0.3, 0.4) is 0 Å². The summed E-state index contributed by atoms with van der Waals surface area (Å²) in [6, 6.07) is 0. The van der Waals surface area contributed by atoms with Crippen molar-refractivity contribution in [3.63, 3.8) is 0 Å². The van der Waals surface area contributed by atoms with E-state index in [1.807, 2.05) is 0 Å². The molecule has 0 amide bonds. The fraction of sp³-hybridized carbons (Fsp3) is 0.625. The number of nitrogens with zero attached hydrogens (tertiary/aromatic N) is 2. The van der Waals surface area contributed by atoms with E-state index in [0.29, 0.717) is 5.92 Å². The van der Waals surface area contributed by atoms with Gasteiger partial charge in [0.1, 0.15) is 0 Å². The van der Waals surface area contributed by atoms with Crippen LogP contribution in [0.2, 0.25) is 0 Å². The Bertz CT molecular complexity index is 253. The molecule has 4 nitrogen and oxygen atoms in total. The van der Waals surface area contributed by atoms with Gasteiger partial charge in [0, 0.05) is 19.1 Å². The van der Waals surface area contributed by atoms with Gasteiger partial charge in [-0.15, -0.1) is 0 Å². The summed E-state index contributed by atoms with van der Waals surface area (Å²) >= 11 is 0. The Morgan fingerprint density at radius 3 is 3.25 bits per heavy atom. The highest BCUT2D eigenvalue weighted by molar-refractivity contribution is 5.08. The summed E-state index contributed by atoms with van der Waals surface area (Å²) in [6.07, 6.45) is 4.19. The zero-order chi connectivity index (χ0) is 8.39. The van der Waals surface area contributed by atoms with Crippen LogP contribution in [0.25, 0.3) is 0 Å². The van der Waals surface area contributed by atoms with E-state index in [9.17, 15) is 0 Å². The first-order chi connectivity index (χ1) is 5.84. The molecule has 0 aromatic carbocycles. The number of aromatic hydroxyl groups is 1. The number of ether oxygens (including phenoxy) is 1. The highest BCUT2D eigenvalue weighted by Gasteiger charge is 2.16.